The first-order chi connectivity index (χ1) is 13.7. The van der Waals surface area contributed by atoms with Crippen LogP contribution < -0.4 is 0 Å². The fourth-order valence-electron chi connectivity index (χ4n) is 4.11. The Balaban J connectivity index is 1.67. The van der Waals surface area contributed by atoms with E-state index in [2.05, 4.69) is 15.2 Å². The minimum atomic E-state index is -4.68. The Bertz CT molecular complexity index is 1210. The van der Waals surface area contributed by atoms with E-state index in [4.69, 9.17) is 0 Å². The van der Waals surface area contributed by atoms with Crippen molar-refractivity contribution in [1.82, 2.24) is 19.5 Å². The van der Waals surface area contributed by atoms with E-state index < -0.39 is 40.1 Å². The lowest BCUT2D eigenvalue weighted by Gasteiger charge is -2.36. The summed E-state index contributed by atoms with van der Waals surface area (Å²) in [5.41, 5.74) is 1.08. The summed E-state index contributed by atoms with van der Waals surface area (Å²) in [6.07, 6.45) is -3.73. The van der Waals surface area contributed by atoms with Gasteiger partial charge in [0.15, 0.2) is 0 Å². The van der Waals surface area contributed by atoms with Gasteiger partial charge in [0.25, 0.3) is 0 Å². The predicted molar refractivity (Wildman–Crippen MR) is 92.8 cm³/mol. The van der Waals surface area contributed by atoms with Crippen LogP contribution in [0.5, 0.6) is 0 Å². The highest BCUT2D eigenvalue weighted by atomic mass is 32.2. The maximum absolute atomic E-state index is 13.4. The second-order valence-electron chi connectivity index (χ2n) is 6.87. The molecule has 0 saturated heterocycles. The molecule has 29 heavy (non-hydrogen) atoms. The van der Waals surface area contributed by atoms with E-state index in [0.29, 0.717) is 34.6 Å². The molecular formula is C18H13F3N4O3S. The highest BCUT2D eigenvalue weighted by molar-refractivity contribution is 7.89. The van der Waals surface area contributed by atoms with Crippen LogP contribution in [-0.4, -0.2) is 33.0 Å². The first-order valence-corrected chi connectivity index (χ1v) is 10.0. The van der Waals surface area contributed by atoms with Gasteiger partial charge >= 0.3 is 6.18 Å². The number of nitrogens with one attached hydrogen (secondary N) is 1. The molecule has 3 aromatic rings. The van der Waals surface area contributed by atoms with E-state index in [1.54, 1.807) is 24.3 Å². The summed E-state index contributed by atoms with van der Waals surface area (Å²) in [6.45, 7) is 0. The molecule has 2 aromatic heterocycles. The fourth-order valence-corrected chi connectivity index (χ4v) is 5.81. The molecule has 2 aliphatic heterocycles. The van der Waals surface area contributed by atoms with Crippen molar-refractivity contribution >= 4 is 10.0 Å². The van der Waals surface area contributed by atoms with Crippen LogP contribution >= 0.6 is 0 Å². The molecule has 2 N–H and O–H groups in total. The molecule has 0 radical (unpaired) electrons. The number of halogens is 3. The number of alkyl halides is 3. The number of benzene rings is 1. The number of hydrogen-bond acceptors (Lipinski definition) is 5. The molecule has 0 saturated carbocycles. The second-order valence-corrected chi connectivity index (χ2v) is 8.72. The molecule has 4 heterocycles. The minimum absolute atomic E-state index is 0.382. The fraction of sp³-hybridized carbons (Fsp3) is 0.222. The average Bonchev–Trinajstić information content (AvgIpc) is 3.28. The highest BCUT2D eigenvalue weighted by Crippen LogP contribution is 2.57. The Labute approximate surface area is 162 Å². The standard InChI is InChI=1S/C18H13F3N4O3S/c19-18(20,21)13-6-5-9(7-22-13)29(27,28)25-15-10-3-1-2-4-11(10)16(25)17(26)14-12(15)8-23-24-14/h1-8,15-17,26H,(H,23,24). The molecule has 11 heteroatoms. The number of aliphatic hydroxyl groups is 1. The lowest BCUT2D eigenvalue weighted by Crippen LogP contribution is -2.39. The van der Waals surface area contributed by atoms with Crippen molar-refractivity contribution in [3.8, 4) is 0 Å². The Hall–Kier alpha value is -2.76. The smallest absolute Gasteiger partial charge is 0.385 e. The van der Waals surface area contributed by atoms with Crippen molar-refractivity contribution < 1.29 is 26.7 Å². The van der Waals surface area contributed by atoms with Gasteiger partial charge in [-0.3, -0.25) is 10.1 Å². The zero-order valence-corrected chi connectivity index (χ0v) is 15.3. The Morgan fingerprint density at radius 2 is 1.76 bits per heavy atom. The van der Waals surface area contributed by atoms with Crippen molar-refractivity contribution in [3.05, 3.63) is 76.9 Å². The van der Waals surface area contributed by atoms with E-state index in [1.165, 1.54) is 6.20 Å². The van der Waals surface area contributed by atoms with Crippen molar-refractivity contribution in [2.45, 2.75) is 29.3 Å². The molecule has 0 spiro atoms. The van der Waals surface area contributed by atoms with Crippen molar-refractivity contribution in [2.75, 3.05) is 0 Å². The zero-order valence-electron chi connectivity index (χ0n) is 14.5. The molecule has 5 rings (SSSR count). The minimum Gasteiger partial charge on any atom is -0.385 e. The lowest BCUT2D eigenvalue weighted by atomic mass is 9.98. The number of sulfonamides is 1. The Morgan fingerprint density at radius 1 is 1.03 bits per heavy atom. The van der Waals surface area contributed by atoms with Gasteiger partial charge in [0.05, 0.1) is 24.0 Å². The predicted octanol–water partition coefficient (Wildman–Crippen LogP) is 2.71. The first-order valence-electron chi connectivity index (χ1n) is 8.58. The topological polar surface area (TPSA) is 99.2 Å². The van der Waals surface area contributed by atoms with Crippen LogP contribution in [-0.2, 0) is 16.2 Å². The summed E-state index contributed by atoms with van der Waals surface area (Å²) in [6, 6.07) is 6.83. The number of H-pyrrole nitrogens is 1. The van der Waals surface area contributed by atoms with Crippen LogP contribution in [0.3, 0.4) is 0 Å². The molecule has 0 aliphatic carbocycles. The van der Waals surface area contributed by atoms with Crippen LogP contribution in [0, 0.1) is 0 Å². The van der Waals surface area contributed by atoms with Crippen LogP contribution in [0.2, 0.25) is 0 Å². The quantitative estimate of drug-likeness (QED) is 0.662. The number of rotatable bonds is 2. The van der Waals surface area contributed by atoms with Crippen LogP contribution in [0.4, 0.5) is 13.2 Å². The molecular weight excluding hydrogens is 409 g/mol. The number of aromatic amines is 1. The molecule has 3 atom stereocenters. The van der Waals surface area contributed by atoms with Crippen molar-refractivity contribution in [3.63, 3.8) is 0 Å². The third kappa shape index (κ3) is 2.47. The van der Waals surface area contributed by atoms with Crippen molar-refractivity contribution in [1.29, 1.82) is 0 Å². The molecule has 150 valence electrons. The van der Waals surface area contributed by atoms with Gasteiger partial charge in [0.2, 0.25) is 10.0 Å². The van der Waals surface area contributed by atoms with Gasteiger partial charge < -0.3 is 5.11 Å². The summed E-state index contributed by atoms with van der Waals surface area (Å²) in [5.74, 6) is 0. The van der Waals surface area contributed by atoms with Crippen LogP contribution in [0.15, 0.2) is 53.7 Å². The van der Waals surface area contributed by atoms with E-state index in [0.717, 1.165) is 10.4 Å². The molecule has 2 aliphatic rings. The van der Waals surface area contributed by atoms with Crippen molar-refractivity contribution in [2.24, 2.45) is 0 Å². The van der Waals surface area contributed by atoms with Crippen LogP contribution in [0.1, 0.15) is 46.3 Å². The number of hydrogen-bond donors (Lipinski definition) is 2. The van der Waals surface area contributed by atoms with E-state index in [1.807, 2.05) is 0 Å². The van der Waals surface area contributed by atoms with E-state index in [9.17, 15) is 26.7 Å². The third-order valence-electron chi connectivity index (χ3n) is 5.33. The molecule has 3 unspecified atom stereocenters. The molecule has 0 fully saturated rings. The van der Waals surface area contributed by atoms with Gasteiger partial charge in [-0.25, -0.2) is 8.42 Å². The van der Waals surface area contributed by atoms with Gasteiger partial charge in [0, 0.05) is 11.8 Å². The number of aliphatic hydroxyl groups excluding tert-OH is 1. The van der Waals surface area contributed by atoms with Gasteiger partial charge in [-0.15, -0.1) is 0 Å². The number of nitrogens with zero attached hydrogens (tertiary/aromatic N) is 3. The highest BCUT2D eigenvalue weighted by Gasteiger charge is 2.54. The van der Waals surface area contributed by atoms with Gasteiger partial charge in [-0.1, -0.05) is 24.3 Å². The summed E-state index contributed by atoms with van der Waals surface area (Å²) >= 11 is 0. The monoisotopic (exact) mass is 422 g/mol. The molecule has 2 bridgehead atoms. The normalized spacial score (nSPS) is 23.7. The molecule has 0 amide bonds. The van der Waals surface area contributed by atoms with Gasteiger partial charge in [-0.05, 0) is 23.3 Å². The maximum atomic E-state index is 13.4. The summed E-state index contributed by atoms with van der Waals surface area (Å²) < 4.78 is 66.4. The zero-order chi connectivity index (χ0) is 20.6. The Morgan fingerprint density at radius 3 is 2.41 bits per heavy atom. The third-order valence-corrected chi connectivity index (χ3v) is 7.16. The molecule has 1 aromatic carbocycles. The average molecular weight is 422 g/mol. The van der Waals surface area contributed by atoms with Gasteiger partial charge in [0.1, 0.15) is 16.7 Å². The maximum Gasteiger partial charge on any atom is 0.433 e. The number of aromatic nitrogens is 3. The summed E-state index contributed by atoms with van der Waals surface area (Å²) in [7, 11) is -4.28. The molecule has 7 nitrogen and oxygen atoms in total. The number of pyridine rings is 1. The van der Waals surface area contributed by atoms with E-state index >= 15 is 0 Å². The van der Waals surface area contributed by atoms with Gasteiger partial charge in [-0.2, -0.15) is 22.6 Å². The number of fused-ring (bicyclic) bond motifs is 7. The lowest BCUT2D eigenvalue weighted by molar-refractivity contribution is -0.141. The first kappa shape index (κ1) is 18.3. The SMILES string of the molecule is O=S(=O)(c1ccc(C(F)(F)F)nc1)N1C2c3ccccc3C1C(O)c1[nH]ncc12. The summed E-state index contributed by atoms with van der Waals surface area (Å²) in [4.78, 5) is 2.89. The largest absolute Gasteiger partial charge is 0.433 e. The van der Waals surface area contributed by atoms with E-state index in [-0.39, 0.29) is 4.90 Å². The Kier molecular flexibility index (Phi) is 3.70. The second kappa shape index (κ2) is 5.88. The summed E-state index contributed by atoms with van der Waals surface area (Å²) in [5, 5.41) is 17.5. The van der Waals surface area contributed by atoms with Crippen LogP contribution in [0.25, 0.3) is 0 Å².